The summed E-state index contributed by atoms with van der Waals surface area (Å²) in [7, 11) is 2.13. The predicted octanol–water partition coefficient (Wildman–Crippen LogP) is 4.32. The maximum Gasteiger partial charge on any atom is 0.272 e. The maximum absolute atomic E-state index is 12.9. The fourth-order valence-electron chi connectivity index (χ4n) is 4.68. The van der Waals surface area contributed by atoms with Gasteiger partial charge in [0.15, 0.2) is 5.76 Å². The van der Waals surface area contributed by atoms with Crippen LogP contribution >= 0.6 is 0 Å². The second-order valence-corrected chi connectivity index (χ2v) is 9.41. The molecule has 0 spiro atoms. The average molecular weight is 481 g/mol. The highest BCUT2D eigenvalue weighted by Crippen LogP contribution is 2.35. The van der Waals surface area contributed by atoms with Crippen LogP contribution in [0.4, 0.5) is 5.69 Å². The van der Waals surface area contributed by atoms with Gasteiger partial charge in [-0.15, -0.1) is 0 Å². The standard InChI is InChI=1S/C28H28N6O2/c1-18-5-8-25(36-18)26-22(19-6-7-23-20(14-19)4-3-9-29-23)15-21-16-24(28(35)32-27(21)31-26)30-17-34-12-10-33(2)11-13-34/h3-9,14-16,30H,10-13,17H2,1-2H3,(H,31,32,35). The molecule has 1 aliphatic heterocycles. The zero-order valence-corrected chi connectivity index (χ0v) is 20.4. The number of pyridine rings is 3. The first-order chi connectivity index (χ1) is 17.5. The zero-order chi connectivity index (χ0) is 24.6. The van der Waals surface area contributed by atoms with Crippen molar-refractivity contribution in [2.45, 2.75) is 6.92 Å². The Bertz CT molecular complexity index is 1610. The van der Waals surface area contributed by atoms with Crippen molar-refractivity contribution in [3.63, 3.8) is 0 Å². The van der Waals surface area contributed by atoms with Gasteiger partial charge in [0.25, 0.3) is 5.56 Å². The van der Waals surface area contributed by atoms with Crippen LogP contribution in [0.3, 0.4) is 0 Å². The van der Waals surface area contributed by atoms with Crippen LogP contribution in [-0.4, -0.2) is 64.6 Å². The number of furan rings is 1. The number of anilines is 1. The van der Waals surface area contributed by atoms with Crippen molar-refractivity contribution in [2.75, 3.05) is 45.2 Å². The molecule has 0 atom stereocenters. The molecule has 5 heterocycles. The van der Waals surface area contributed by atoms with Gasteiger partial charge in [-0.25, -0.2) is 4.98 Å². The predicted molar refractivity (Wildman–Crippen MR) is 143 cm³/mol. The number of H-pyrrole nitrogens is 1. The van der Waals surface area contributed by atoms with Gasteiger partial charge in [-0.2, -0.15) is 0 Å². The molecule has 5 aromatic rings. The van der Waals surface area contributed by atoms with Gasteiger partial charge in [-0.3, -0.25) is 14.7 Å². The third-order valence-electron chi connectivity index (χ3n) is 6.81. The van der Waals surface area contributed by atoms with Gasteiger partial charge in [-0.05, 0) is 62.0 Å². The molecule has 4 aromatic heterocycles. The largest absolute Gasteiger partial charge is 0.460 e. The highest BCUT2D eigenvalue weighted by atomic mass is 16.3. The third-order valence-corrected chi connectivity index (χ3v) is 6.81. The monoisotopic (exact) mass is 480 g/mol. The molecule has 1 aromatic carbocycles. The summed E-state index contributed by atoms with van der Waals surface area (Å²) >= 11 is 0. The minimum Gasteiger partial charge on any atom is -0.460 e. The Hall–Kier alpha value is -4.01. The van der Waals surface area contributed by atoms with E-state index in [2.05, 4.69) is 56.4 Å². The Balaban J connectivity index is 1.43. The number of nitrogens with one attached hydrogen (secondary N) is 2. The van der Waals surface area contributed by atoms with Crippen LogP contribution in [0, 0.1) is 6.92 Å². The van der Waals surface area contributed by atoms with Crippen LogP contribution in [0.15, 0.2) is 70.0 Å². The molecule has 0 aliphatic carbocycles. The maximum atomic E-state index is 12.9. The van der Waals surface area contributed by atoms with Gasteiger partial charge in [0.1, 0.15) is 22.8 Å². The van der Waals surface area contributed by atoms with E-state index in [-0.39, 0.29) is 5.56 Å². The Morgan fingerprint density at radius 1 is 1.03 bits per heavy atom. The molecule has 1 aliphatic rings. The molecule has 0 bridgehead atoms. The minimum absolute atomic E-state index is 0.185. The average Bonchev–Trinajstić information content (AvgIpc) is 3.33. The van der Waals surface area contributed by atoms with Crippen LogP contribution in [0.25, 0.3) is 44.5 Å². The molecule has 0 amide bonds. The SMILES string of the molecule is Cc1ccc(-c2nc3[nH]c(=O)c(NCN4CCN(C)CC4)cc3cc2-c2ccc3ncccc3c2)o1. The summed E-state index contributed by atoms with van der Waals surface area (Å²) in [5.41, 5.74) is 4.44. The molecule has 1 saturated heterocycles. The number of aryl methyl sites for hydroxylation is 1. The molecular formula is C28H28N6O2. The second kappa shape index (κ2) is 9.22. The fraction of sp³-hybridized carbons (Fsp3) is 0.250. The van der Waals surface area contributed by atoms with Gasteiger partial charge in [0.05, 0.1) is 12.2 Å². The summed E-state index contributed by atoms with van der Waals surface area (Å²) in [6, 6.07) is 18.0. The third kappa shape index (κ3) is 4.36. The van der Waals surface area contributed by atoms with Gasteiger partial charge < -0.3 is 19.6 Å². The van der Waals surface area contributed by atoms with Crippen LogP contribution in [0.1, 0.15) is 5.76 Å². The number of piperazine rings is 1. The van der Waals surface area contributed by atoms with E-state index in [1.54, 1.807) is 6.20 Å². The van der Waals surface area contributed by atoms with E-state index >= 15 is 0 Å². The molecule has 2 N–H and O–H groups in total. The van der Waals surface area contributed by atoms with Crippen LogP contribution in [0.2, 0.25) is 0 Å². The topological polar surface area (TPSA) is 90.3 Å². The number of likely N-dealkylation sites (N-methyl/N-ethyl adjacent to an activating group) is 1. The van der Waals surface area contributed by atoms with Gasteiger partial charge in [0, 0.05) is 48.7 Å². The number of fused-ring (bicyclic) bond motifs is 2. The van der Waals surface area contributed by atoms with Crippen LogP contribution in [0.5, 0.6) is 0 Å². The highest BCUT2D eigenvalue weighted by molar-refractivity contribution is 5.93. The van der Waals surface area contributed by atoms with Crippen molar-refractivity contribution in [3.05, 3.63) is 76.9 Å². The Labute approximate surface area is 208 Å². The summed E-state index contributed by atoms with van der Waals surface area (Å²) in [6.07, 6.45) is 1.80. The second-order valence-electron chi connectivity index (χ2n) is 9.41. The van der Waals surface area contributed by atoms with Crippen molar-refractivity contribution in [2.24, 2.45) is 0 Å². The molecule has 0 saturated carbocycles. The summed E-state index contributed by atoms with van der Waals surface area (Å²) < 4.78 is 5.95. The molecule has 182 valence electrons. The van der Waals surface area contributed by atoms with E-state index in [9.17, 15) is 4.79 Å². The Morgan fingerprint density at radius 2 is 1.89 bits per heavy atom. The summed E-state index contributed by atoms with van der Waals surface area (Å²) in [4.78, 5) is 29.8. The quantitative estimate of drug-likeness (QED) is 0.387. The highest BCUT2D eigenvalue weighted by Gasteiger charge is 2.17. The van der Waals surface area contributed by atoms with Crippen LogP contribution < -0.4 is 10.9 Å². The molecule has 6 rings (SSSR count). The molecule has 0 unspecified atom stereocenters. The summed E-state index contributed by atoms with van der Waals surface area (Å²) in [5, 5.41) is 5.23. The zero-order valence-electron chi connectivity index (χ0n) is 20.4. The number of aromatic amines is 1. The number of nitrogens with zero attached hydrogens (tertiary/aromatic N) is 4. The smallest absolute Gasteiger partial charge is 0.272 e. The molecular weight excluding hydrogens is 452 g/mol. The molecule has 0 radical (unpaired) electrons. The fourth-order valence-corrected chi connectivity index (χ4v) is 4.68. The molecule has 8 heteroatoms. The normalized spacial score (nSPS) is 15.1. The van der Waals surface area contributed by atoms with E-state index in [0.717, 1.165) is 59.4 Å². The van der Waals surface area contributed by atoms with E-state index in [0.29, 0.717) is 29.5 Å². The Kier molecular flexibility index (Phi) is 5.75. The molecule has 8 nitrogen and oxygen atoms in total. The lowest BCUT2D eigenvalue weighted by molar-refractivity contribution is 0.162. The molecule has 1 fully saturated rings. The lowest BCUT2D eigenvalue weighted by Gasteiger charge is -2.32. The van der Waals surface area contributed by atoms with Crippen molar-refractivity contribution < 1.29 is 4.42 Å². The van der Waals surface area contributed by atoms with E-state index in [1.165, 1.54) is 0 Å². The number of rotatable bonds is 5. The lowest BCUT2D eigenvalue weighted by atomic mass is 9.99. The van der Waals surface area contributed by atoms with E-state index in [1.807, 2.05) is 37.3 Å². The van der Waals surface area contributed by atoms with Crippen molar-refractivity contribution in [3.8, 4) is 22.6 Å². The van der Waals surface area contributed by atoms with Crippen LogP contribution in [-0.2, 0) is 0 Å². The van der Waals surface area contributed by atoms with Crippen molar-refractivity contribution in [1.29, 1.82) is 0 Å². The summed E-state index contributed by atoms with van der Waals surface area (Å²) in [5.74, 6) is 1.46. The summed E-state index contributed by atoms with van der Waals surface area (Å²) in [6.45, 7) is 6.54. The Morgan fingerprint density at radius 3 is 2.69 bits per heavy atom. The van der Waals surface area contributed by atoms with Crippen molar-refractivity contribution >= 4 is 27.6 Å². The first kappa shape index (κ1) is 22.5. The minimum atomic E-state index is -0.185. The number of benzene rings is 1. The van der Waals surface area contributed by atoms with Gasteiger partial charge >= 0.3 is 0 Å². The van der Waals surface area contributed by atoms with Crippen molar-refractivity contribution in [1.82, 2.24) is 24.8 Å². The first-order valence-corrected chi connectivity index (χ1v) is 12.2. The lowest BCUT2D eigenvalue weighted by Crippen LogP contribution is -2.46. The first-order valence-electron chi connectivity index (χ1n) is 12.2. The number of hydrogen-bond donors (Lipinski definition) is 2. The molecule has 36 heavy (non-hydrogen) atoms. The van der Waals surface area contributed by atoms with E-state index < -0.39 is 0 Å². The number of aromatic nitrogens is 3. The van der Waals surface area contributed by atoms with E-state index in [4.69, 9.17) is 9.40 Å². The van der Waals surface area contributed by atoms with Gasteiger partial charge in [-0.1, -0.05) is 12.1 Å². The van der Waals surface area contributed by atoms with Gasteiger partial charge in [0.2, 0.25) is 0 Å². The number of hydrogen-bond acceptors (Lipinski definition) is 7.